The Labute approximate surface area is 232 Å². The van der Waals surface area contributed by atoms with Crippen molar-refractivity contribution in [2.45, 2.75) is 58.5 Å². The molecule has 2 aromatic rings. The van der Waals surface area contributed by atoms with Gasteiger partial charge in [0.05, 0.1) is 5.56 Å². The summed E-state index contributed by atoms with van der Waals surface area (Å²) in [6, 6.07) is 11.3. The number of ketones is 2. The number of rotatable bonds is 3. The van der Waals surface area contributed by atoms with Crippen LogP contribution in [0.4, 0.5) is 0 Å². The molecule has 0 heterocycles. The van der Waals surface area contributed by atoms with Crippen molar-refractivity contribution in [3.05, 3.63) is 70.0 Å². The normalized spacial score (nSPS) is 26.5. The van der Waals surface area contributed by atoms with Crippen LogP contribution in [0.2, 0.25) is 0 Å². The number of Topliss-reactive ketones (excluding diaryl/α,β-unsaturated/α-hetero) is 2. The summed E-state index contributed by atoms with van der Waals surface area (Å²) >= 11 is 0. The van der Waals surface area contributed by atoms with Crippen molar-refractivity contribution in [3.63, 3.8) is 0 Å². The molecule has 4 atom stereocenters. The van der Waals surface area contributed by atoms with Crippen molar-refractivity contribution in [1.82, 2.24) is 0 Å². The van der Waals surface area contributed by atoms with Crippen molar-refractivity contribution in [3.8, 4) is 16.9 Å². The summed E-state index contributed by atoms with van der Waals surface area (Å²) in [5.41, 5.74) is 5.35. The second kappa shape index (κ2) is 9.06. The number of fused-ring (bicyclic) bond motifs is 3. The van der Waals surface area contributed by atoms with E-state index in [1.807, 2.05) is 24.3 Å². The molecular weight excluding hydrogens is 510 g/mol. The van der Waals surface area contributed by atoms with E-state index >= 15 is 0 Å². The lowest BCUT2D eigenvalue weighted by Gasteiger charge is -2.50. The molecule has 0 spiro atoms. The van der Waals surface area contributed by atoms with E-state index in [9.17, 15) is 34.8 Å². The molecule has 1 saturated carbocycles. The summed E-state index contributed by atoms with van der Waals surface area (Å²) in [6.07, 6.45) is 0.341. The Morgan fingerprint density at radius 1 is 1.02 bits per heavy atom. The molecule has 0 saturated heterocycles. The number of phenols is 1. The van der Waals surface area contributed by atoms with Crippen LogP contribution in [0.1, 0.15) is 57.7 Å². The van der Waals surface area contributed by atoms with Crippen LogP contribution in [0.25, 0.3) is 16.9 Å². The number of phenolic OH excluding ortho intramolecular Hbond substituents is 1. The van der Waals surface area contributed by atoms with Gasteiger partial charge in [-0.2, -0.15) is 0 Å². The maximum Gasteiger partial charge on any atom is 0.255 e. The minimum Gasteiger partial charge on any atom is -0.508 e. The zero-order valence-corrected chi connectivity index (χ0v) is 23.3. The second-order valence-corrected chi connectivity index (χ2v) is 12.6. The molecule has 8 nitrogen and oxygen atoms in total. The smallest absolute Gasteiger partial charge is 0.255 e. The summed E-state index contributed by atoms with van der Waals surface area (Å²) in [5.74, 6) is -7.69. The number of aliphatic hydroxyl groups excluding tert-OH is 2. The molecule has 2 aromatic carbocycles. The van der Waals surface area contributed by atoms with Crippen molar-refractivity contribution < 1.29 is 34.8 Å². The van der Waals surface area contributed by atoms with Gasteiger partial charge in [-0.05, 0) is 58.4 Å². The van der Waals surface area contributed by atoms with Gasteiger partial charge in [-0.25, -0.2) is 0 Å². The topological polar surface area (TPSA) is 158 Å². The van der Waals surface area contributed by atoms with Gasteiger partial charge >= 0.3 is 0 Å². The summed E-state index contributed by atoms with van der Waals surface area (Å²) in [5, 5.41) is 45.0. The van der Waals surface area contributed by atoms with Crippen molar-refractivity contribution >= 4 is 23.2 Å². The molecule has 3 aliphatic rings. The van der Waals surface area contributed by atoms with Crippen LogP contribution in [0.15, 0.2) is 53.3 Å². The van der Waals surface area contributed by atoms with E-state index in [-0.39, 0.29) is 41.1 Å². The van der Waals surface area contributed by atoms with Gasteiger partial charge in [-0.3, -0.25) is 14.4 Å². The van der Waals surface area contributed by atoms with Gasteiger partial charge in [-0.15, -0.1) is 0 Å². The minimum atomic E-state index is -2.61. The predicted octanol–water partition coefficient (Wildman–Crippen LogP) is 4.27. The van der Waals surface area contributed by atoms with Crippen LogP contribution in [-0.4, -0.2) is 43.5 Å². The van der Waals surface area contributed by atoms with Gasteiger partial charge in [0, 0.05) is 17.4 Å². The highest BCUT2D eigenvalue weighted by atomic mass is 16.3. The first-order chi connectivity index (χ1) is 18.6. The quantitative estimate of drug-likeness (QED) is 0.360. The molecule has 0 radical (unpaired) electrons. The number of carbonyl (C=O) groups is 3. The van der Waals surface area contributed by atoms with Crippen LogP contribution >= 0.6 is 0 Å². The maximum absolute atomic E-state index is 14.0. The first kappa shape index (κ1) is 27.6. The highest BCUT2D eigenvalue weighted by Crippen LogP contribution is 2.55. The van der Waals surface area contributed by atoms with E-state index < -0.39 is 57.9 Å². The number of benzene rings is 2. The van der Waals surface area contributed by atoms with Crippen molar-refractivity contribution in [2.75, 3.05) is 0 Å². The third kappa shape index (κ3) is 3.80. The van der Waals surface area contributed by atoms with Gasteiger partial charge in [0.1, 0.15) is 22.8 Å². The second-order valence-electron chi connectivity index (χ2n) is 12.6. The summed E-state index contributed by atoms with van der Waals surface area (Å²) in [6.45, 7) is 9.84. The number of carbonyl (C=O) groups excluding carboxylic acids is 3. The molecule has 0 aromatic heterocycles. The largest absolute Gasteiger partial charge is 0.508 e. The van der Waals surface area contributed by atoms with Crippen LogP contribution < -0.4 is 5.73 Å². The van der Waals surface area contributed by atoms with Gasteiger partial charge < -0.3 is 26.2 Å². The summed E-state index contributed by atoms with van der Waals surface area (Å²) in [4.78, 5) is 39.4. The molecule has 0 bridgehead atoms. The Bertz CT molecular complexity index is 1520. The highest BCUT2D eigenvalue weighted by molar-refractivity contribution is 6.23. The molecule has 0 unspecified atom stereocenters. The first-order valence-corrected chi connectivity index (χ1v) is 13.5. The van der Waals surface area contributed by atoms with Crippen LogP contribution in [0.3, 0.4) is 0 Å². The van der Waals surface area contributed by atoms with Gasteiger partial charge in [0.15, 0.2) is 11.4 Å². The molecule has 1 fully saturated rings. The monoisotopic (exact) mass is 545 g/mol. The molecular formula is C32H35NO7. The van der Waals surface area contributed by atoms with Gasteiger partial charge in [0.2, 0.25) is 5.78 Å². The first-order valence-electron chi connectivity index (χ1n) is 13.5. The molecule has 6 N–H and O–H groups in total. The van der Waals surface area contributed by atoms with E-state index in [0.717, 1.165) is 16.7 Å². The SMILES string of the molecule is CC(C)[C@@H]1C(=O)C(C(N)=O)=C(O)[C@@]2(O)C(=O)C3=C(O)c4c(O)ccc(-c5ccc(C(C)(C)C)cc5)c4C[C@H]3C[C@@H]12. The molecule has 8 heteroatoms. The Morgan fingerprint density at radius 2 is 1.65 bits per heavy atom. The number of aliphatic hydroxyl groups is 3. The minimum absolute atomic E-state index is 0.0408. The average Bonchev–Trinajstić information content (AvgIpc) is 2.85. The molecule has 3 aliphatic carbocycles. The predicted molar refractivity (Wildman–Crippen MR) is 149 cm³/mol. The van der Waals surface area contributed by atoms with E-state index in [2.05, 4.69) is 20.8 Å². The molecule has 40 heavy (non-hydrogen) atoms. The fourth-order valence-electron chi connectivity index (χ4n) is 6.91. The van der Waals surface area contributed by atoms with Crippen LogP contribution in [0.5, 0.6) is 5.75 Å². The molecule has 1 amide bonds. The van der Waals surface area contributed by atoms with E-state index in [1.165, 1.54) is 6.07 Å². The highest BCUT2D eigenvalue weighted by Gasteiger charge is 2.64. The third-order valence-electron chi connectivity index (χ3n) is 8.91. The maximum atomic E-state index is 14.0. The summed E-state index contributed by atoms with van der Waals surface area (Å²) < 4.78 is 0. The third-order valence-corrected chi connectivity index (χ3v) is 8.91. The van der Waals surface area contributed by atoms with Crippen LogP contribution in [-0.2, 0) is 26.2 Å². The zero-order chi connectivity index (χ0) is 29.5. The lowest BCUT2D eigenvalue weighted by molar-refractivity contribution is -0.155. The molecule has 0 aliphatic heterocycles. The van der Waals surface area contributed by atoms with Gasteiger partial charge in [0.25, 0.3) is 5.91 Å². The van der Waals surface area contributed by atoms with Gasteiger partial charge in [-0.1, -0.05) is 65.0 Å². The van der Waals surface area contributed by atoms with E-state index in [0.29, 0.717) is 5.56 Å². The Balaban J connectivity index is 1.70. The number of hydrogen-bond donors (Lipinski definition) is 5. The zero-order valence-electron chi connectivity index (χ0n) is 23.3. The Kier molecular flexibility index (Phi) is 6.26. The lowest BCUT2D eigenvalue weighted by atomic mass is 9.54. The van der Waals surface area contributed by atoms with Crippen LogP contribution in [0, 0.1) is 23.7 Å². The average molecular weight is 546 g/mol. The van der Waals surface area contributed by atoms with E-state index in [1.54, 1.807) is 19.9 Å². The number of amides is 1. The fourth-order valence-corrected chi connectivity index (χ4v) is 6.91. The fraction of sp³-hybridized carbons (Fsp3) is 0.406. The van der Waals surface area contributed by atoms with Crippen molar-refractivity contribution in [1.29, 1.82) is 0 Å². The number of nitrogens with two attached hydrogens (primary N) is 1. The molecule has 210 valence electrons. The molecule has 5 rings (SSSR count). The van der Waals surface area contributed by atoms with Crippen molar-refractivity contribution in [2.24, 2.45) is 29.4 Å². The summed E-state index contributed by atoms with van der Waals surface area (Å²) in [7, 11) is 0. The number of hydrogen-bond acceptors (Lipinski definition) is 7. The number of primary amides is 1. The Hall–Kier alpha value is -3.91. The number of aromatic hydroxyl groups is 1. The lowest BCUT2D eigenvalue weighted by Crippen LogP contribution is -2.62. The standard InChI is InChI=1S/C32H35NO7/c1-14(2)22-20-13-16-12-19-18(15-6-8-17(9-7-15)31(3,4)5)10-11-21(34)24(19)27(36)23(16)28(37)32(20,40)29(38)25(26(22)35)30(33)39/h6-11,14,16,20,22,34,36,38,40H,12-13H2,1-5H3,(H2,33,39)/t16-,20-,22-,32-/m0/s1. The van der Waals surface area contributed by atoms with E-state index in [4.69, 9.17) is 5.73 Å². The Morgan fingerprint density at radius 3 is 2.20 bits per heavy atom.